The number of carbonyl (C=O) groups is 1. The highest BCUT2D eigenvalue weighted by molar-refractivity contribution is 6.33. The van der Waals surface area contributed by atoms with Gasteiger partial charge < -0.3 is 16.0 Å². The van der Waals surface area contributed by atoms with Gasteiger partial charge in [0, 0.05) is 25.2 Å². The van der Waals surface area contributed by atoms with Gasteiger partial charge in [-0.3, -0.25) is 0 Å². The highest BCUT2D eigenvalue weighted by Crippen LogP contribution is 2.25. The summed E-state index contributed by atoms with van der Waals surface area (Å²) in [6.07, 6.45) is 2.91. The molecule has 1 aromatic carbocycles. The molecule has 2 heterocycles. The van der Waals surface area contributed by atoms with Gasteiger partial charge in [-0.15, -0.1) is 0 Å². The first kappa shape index (κ1) is 16.6. The number of pyridine rings is 1. The molecule has 0 spiro atoms. The molecule has 0 saturated carbocycles. The monoisotopic (exact) mass is 344 g/mol. The number of fused-ring (bicyclic) bond motifs is 1. The largest absolute Gasteiger partial charge is 0.370 e. The Morgan fingerprint density at radius 2 is 2.21 bits per heavy atom. The molecule has 0 atom stereocenters. The van der Waals surface area contributed by atoms with E-state index in [-0.39, 0.29) is 6.03 Å². The first-order valence-electron chi connectivity index (χ1n) is 8.16. The molecule has 2 amide bonds. The average Bonchev–Trinajstić information content (AvgIpc) is 2.58. The number of urea groups is 1. The number of nitrogens with zero attached hydrogens (tertiary/aromatic N) is 1. The van der Waals surface area contributed by atoms with Crippen molar-refractivity contribution in [1.29, 1.82) is 0 Å². The SMILES string of the molecule is Cc1cccc(Cl)c1NC(=O)NCCc1ccc2c(n1)NCCC2. The molecule has 1 aliphatic heterocycles. The molecule has 1 aromatic heterocycles. The number of hydrogen-bond donors (Lipinski definition) is 3. The number of aryl methyl sites for hydroxylation is 2. The van der Waals surface area contributed by atoms with Gasteiger partial charge in [0.1, 0.15) is 5.82 Å². The van der Waals surface area contributed by atoms with E-state index in [1.54, 1.807) is 6.07 Å². The molecule has 24 heavy (non-hydrogen) atoms. The second kappa shape index (κ2) is 7.53. The molecule has 3 rings (SSSR count). The van der Waals surface area contributed by atoms with Gasteiger partial charge in [-0.25, -0.2) is 9.78 Å². The van der Waals surface area contributed by atoms with Crippen LogP contribution in [0.2, 0.25) is 5.02 Å². The van der Waals surface area contributed by atoms with Crippen molar-refractivity contribution in [2.75, 3.05) is 23.7 Å². The summed E-state index contributed by atoms with van der Waals surface area (Å²) < 4.78 is 0. The predicted octanol–water partition coefficient (Wildman–Crippen LogP) is 3.77. The highest BCUT2D eigenvalue weighted by atomic mass is 35.5. The van der Waals surface area contributed by atoms with E-state index < -0.39 is 0 Å². The van der Waals surface area contributed by atoms with Gasteiger partial charge in [-0.05, 0) is 43.0 Å². The summed E-state index contributed by atoms with van der Waals surface area (Å²) >= 11 is 6.11. The fraction of sp³-hybridized carbons (Fsp3) is 0.333. The van der Waals surface area contributed by atoms with Crippen LogP contribution in [0, 0.1) is 6.92 Å². The Labute approximate surface area is 146 Å². The van der Waals surface area contributed by atoms with Gasteiger partial charge >= 0.3 is 6.03 Å². The van der Waals surface area contributed by atoms with E-state index in [0.29, 0.717) is 23.7 Å². The van der Waals surface area contributed by atoms with Gasteiger partial charge in [-0.1, -0.05) is 29.8 Å². The van der Waals surface area contributed by atoms with Crippen LogP contribution in [0.5, 0.6) is 0 Å². The van der Waals surface area contributed by atoms with Gasteiger partial charge in [0.2, 0.25) is 0 Å². The number of aromatic nitrogens is 1. The van der Waals surface area contributed by atoms with Crippen LogP contribution < -0.4 is 16.0 Å². The molecule has 0 fully saturated rings. The molecule has 0 radical (unpaired) electrons. The zero-order valence-corrected chi connectivity index (χ0v) is 14.4. The van der Waals surface area contributed by atoms with E-state index in [9.17, 15) is 4.79 Å². The van der Waals surface area contributed by atoms with E-state index in [2.05, 4.69) is 27.0 Å². The molecular formula is C18H21ClN4O. The number of rotatable bonds is 4. The maximum Gasteiger partial charge on any atom is 0.319 e. The average molecular weight is 345 g/mol. The maximum absolute atomic E-state index is 12.0. The smallest absolute Gasteiger partial charge is 0.319 e. The minimum atomic E-state index is -0.262. The van der Waals surface area contributed by atoms with Crippen molar-refractivity contribution in [1.82, 2.24) is 10.3 Å². The fourth-order valence-electron chi connectivity index (χ4n) is 2.76. The van der Waals surface area contributed by atoms with Gasteiger partial charge in [0.25, 0.3) is 0 Å². The molecule has 0 unspecified atom stereocenters. The summed E-state index contributed by atoms with van der Waals surface area (Å²) in [6, 6.07) is 9.42. The Hall–Kier alpha value is -2.27. The summed E-state index contributed by atoms with van der Waals surface area (Å²) in [6.45, 7) is 3.40. The van der Waals surface area contributed by atoms with Crippen molar-refractivity contribution in [3.8, 4) is 0 Å². The van der Waals surface area contributed by atoms with Crippen LogP contribution in [0.25, 0.3) is 0 Å². The van der Waals surface area contributed by atoms with Crippen molar-refractivity contribution in [3.05, 3.63) is 52.2 Å². The molecule has 0 aliphatic carbocycles. The molecule has 0 saturated heterocycles. The first-order valence-corrected chi connectivity index (χ1v) is 8.54. The summed E-state index contributed by atoms with van der Waals surface area (Å²) in [4.78, 5) is 16.6. The first-order chi connectivity index (χ1) is 11.6. The second-order valence-corrected chi connectivity index (χ2v) is 6.31. The summed E-state index contributed by atoms with van der Waals surface area (Å²) in [5.41, 5.74) is 3.81. The van der Waals surface area contributed by atoms with Crippen molar-refractivity contribution >= 4 is 29.1 Å². The van der Waals surface area contributed by atoms with Crippen molar-refractivity contribution in [2.24, 2.45) is 0 Å². The van der Waals surface area contributed by atoms with Crippen LogP contribution in [-0.4, -0.2) is 24.1 Å². The third-order valence-electron chi connectivity index (χ3n) is 4.08. The minimum absolute atomic E-state index is 0.262. The molecule has 5 nitrogen and oxygen atoms in total. The highest BCUT2D eigenvalue weighted by Gasteiger charge is 2.11. The second-order valence-electron chi connectivity index (χ2n) is 5.90. The Kier molecular flexibility index (Phi) is 5.20. The molecule has 1 aliphatic rings. The number of benzene rings is 1. The lowest BCUT2D eigenvalue weighted by molar-refractivity contribution is 0.252. The summed E-state index contributed by atoms with van der Waals surface area (Å²) in [5.74, 6) is 0.981. The summed E-state index contributed by atoms with van der Waals surface area (Å²) in [7, 11) is 0. The van der Waals surface area contributed by atoms with E-state index >= 15 is 0 Å². The van der Waals surface area contributed by atoms with E-state index in [0.717, 1.165) is 36.5 Å². The standard InChI is InChI=1S/C18H21ClN4O/c1-12-4-2-6-15(19)16(12)23-18(24)21-11-9-14-8-7-13-5-3-10-20-17(13)22-14/h2,4,6-8H,3,5,9-11H2,1H3,(H,20,22)(H2,21,23,24). The van der Waals surface area contributed by atoms with Crippen molar-refractivity contribution in [2.45, 2.75) is 26.2 Å². The van der Waals surface area contributed by atoms with Crippen LogP contribution in [0.3, 0.4) is 0 Å². The van der Waals surface area contributed by atoms with Crippen LogP contribution in [0.1, 0.15) is 23.2 Å². The van der Waals surface area contributed by atoms with Gasteiger partial charge in [0.15, 0.2) is 0 Å². The summed E-state index contributed by atoms with van der Waals surface area (Å²) in [5, 5.41) is 9.50. The van der Waals surface area contributed by atoms with Crippen molar-refractivity contribution in [3.63, 3.8) is 0 Å². The Morgan fingerprint density at radius 1 is 1.33 bits per heavy atom. The lowest BCUT2D eigenvalue weighted by atomic mass is 10.1. The molecule has 6 heteroatoms. The Morgan fingerprint density at radius 3 is 3.04 bits per heavy atom. The number of hydrogen-bond acceptors (Lipinski definition) is 3. The number of anilines is 2. The van der Waals surface area contributed by atoms with Crippen LogP contribution in [0.15, 0.2) is 30.3 Å². The van der Waals surface area contributed by atoms with Gasteiger partial charge in [-0.2, -0.15) is 0 Å². The van der Waals surface area contributed by atoms with E-state index in [4.69, 9.17) is 11.6 Å². The molecule has 126 valence electrons. The zero-order chi connectivity index (χ0) is 16.9. The third kappa shape index (κ3) is 3.97. The fourth-order valence-corrected chi connectivity index (χ4v) is 3.03. The van der Waals surface area contributed by atoms with Crippen molar-refractivity contribution < 1.29 is 4.79 Å². The van der Waals surface area contributed by atoms with E-state index in [1.807, 2.05) is 25.1 Å². The molecule has 2 aromatic rings. The van der Waals surface area contributed by atoms with Crippen LogP contribution >= 0.6 is 11.6 Å². The molecule has 3 N–H and O–H groups in total. The number of amides is 2. The Balaban J connectivity index is 1.52. The molecule has 0 bridgehead atoms. The minimum Gasteiger partial charge on any atom is -0.370 e. The van der Waals surface area contributed by atoms with Crippen LogP contribution in [-0.2, 0) is 12.8 Å². The lowest BCUT2D eigenvalue weighted by Gasteiger charge is -2.17. The van der Waals surface area contributed by atoms with Gasteiger partial charge in [0.05, 0.1) is 10.7 Å². The quantitative estimate of drug-likeness (QED) is 0.791. The number of nitrogens with one attached hydrogen (secondary N) is 3. The third-order valence-corrected chi connectivity index (χ3v) is 4.39. The molecular weight excluding hydrogens is 324 g/mol. The number of halogens is 1. The van der Waals surface area contributed by atoms with Crippen LogP contribution in [0.4, 0.5) is 16.3 Å². The maximum atomic E-state index is 12.0. The Bertz CT molecular complexity index is 728. The predicted molar refractivity (Wildman–Crippen MR) is 98.0 cm³/mol. The number of para-hydroxylation sites is 1. The van der Waals surface area contributed by atoms with E-state index in [1.165, 1.54) is 5.56 Å². The topological polar surface area (TPSA) is 66.0 Å². The normalized spacial score (nSPS) is 12.9. The number of carbonyl (C=O) groups excluding carboxylic acids is 1. The lowest BCUT2D eigenvalue weighted by Crippen LogP contribution is -2.31. The zero-order valence-electron chi connectivity index (χ0n) is 13.7.